The van der Waals surface area contributed by atoms with Crippen molar-refractivity contribution in [1.82, 2.24) is 9.88 Å². The van der Waals surface area contributed by atoms with Gasteiger partial charge in [-0.15, -0.1) is 0 Å². The lowest BCUT2D eigenvalue weighted by atomic mass is 10.2. The summed E-state index contributed by atoms with van der Waals surface area (Å²) in [6, 6.07) is 2.67. The highest BCUT2D eigenvalue weighted by Crippen LogP contribution is 2.18. The van der Waals surface area contributed by atoms with Gasteiger partial charge in [0.15, 0.2) is 0 Å². The molecular formula is C12H15N3O3. The van der Waals surface area contributed by atoms with Gasteiger partial charge in [-0.05, 0) is 25.0 Å². The maximum absolute atomic E-state index is 12.0. The van der Waals surface area contributed by atoms with Gasteiger partial charge in [-0.2, -0.15) is 0 Å². The van der Waals surface area contributed by atoms with E-state index in [0.717, 1.165) is 6.42 Å². The number of amides is 1. The number of pyridine rings is 1. The predicted octanol–water partition coefficient (Wildman–Crippen LogP) is 0.282. The first kappa shape index (κ1) is 12.3. The summed E-state index contributed by atoms with van der Waals surface area (Å²) < 4.78 is 0. The summed E-state index contributed by atoms with van der Waals surface area (Å²) in [6.45, 7) is 0.505. The van der Waals surface area contributed by atoms with E-state index in [9.17, 15) is 9.59 Å². The fraction of sp³-hybridized carbons (Fsp3) is 0.417. The predicted molar refractivity (Wildman–Crippen MR) is 64.7 cm³/mol. The van der Waals surface area contributed by atoms with Gasteiger partial charge >= 0.3 is 5.97 Å². The maximum atomic E-state index is 12.0. The third kappa shape index (κ3) is 2.58. The summed E-state index contributed by atoms with van der Waals surface area (Å²) in [5, 5.41) is 9.01. The van der Waals surface area contributed by atoms with Crippen LogP contribution >= 0.6 is 0 Å². The first-order valence-corrected chi connectivity index (χ1v) is 5.80. The molecule has 1 amide bonds. The fourth-order valence-corrected chi connectivity index (χ4v) is 2.12. The second-order valence-corrected chi connectivity index (χ2v) is 4.34. The number of hydrogen-bond donors (Lipinski definition) is 2. The summed E-state index contributed by atoms with van der Waals surface area (Å²) in [6.07, 6.45) is 2.86. The van der Waals surface area contributed by atoms with Crippen LogP contribution in [0.1, 0.15) is 18.5 Å². The number of carbonyl (C=O) groups excluding carboxylic acids is 1. The number of aliphatic carboxylic acids is 1. The van der Waals surface area contributed by atoms with E-state index in [0.29, 0.717) is 24.3 Å². The molecule has 96 valence electrons. The molecule has 1 saturated heterocycles. The number of nitrogens with zero attached hydrogens (tertiary/aromatic N) is 2. The van der Waals surface area contributed by atoms with Crippen molar-refractivity contribution in [3.63, 3.8) is 0 Å². The highest BCUT2D eigenvalue weighted by atomic mass is 16.4. The monoisotopic (exact) mass is 249 g/mol. The number of anilines is 1. The number of carbonyl (C=O) groups is 2. The van der Waals surface area contributed by atoms with E-state index in [-0.39, 0.29) is 12.3 Å². The SMILES string of the molecule is Nc1ccc(CC(=O)N2CCC[C@H]2C(=O)O)nc1. The molecule has 1 aliphatic heterocycles. The molecule has 0 bridgehead atoms. The van der Waals surface area contributed by atoms with Crippen molar-refractivity contribution in [3.05, 3.63) is 24.0 Å². The van der Waals surface area contributed by atoms with E-state index in [1.165, 1.54) is 11.1 Å². The molecular weight excluding hydrogens is 234 g/mol. The van der Waals surface area contributed by atoms with Gasteiger partial charge < -0.3 is 15.7 Å². The summed E-state index contributed by atoms with van der Waals surface area (Å²) >= 11 is 0. The molecule has 0 radical (unpaired) electrons. The highest BCUT2D eigenvalue weighted by Gasteiger charge is 2.33. The summed E-state index contributed by atoms with van der Waals surface area (Å²) in [5.41, 5.74) is 6.65. The second kappa shape index (κ2) is 5.03. The normalized spacial score (nSPS) is 18.9. The Morgan fingerprint density at radius 2 is 2.28 bits per heavy atom. The first-order chi connectivity index (χ1) is 8.58. The quantitative estimate of drug-likeness (QED) is 0.802. The highest BCUT2D eigenvalue weighted by molar-refractivity contribution is 5.85. The Morgan fingerprint density at radius 3 is 2.89 bits per heavy atom. The molecule has 2 rings (SSSR count). The van der Waals surface area contributed by atoms with Crippen LogP contribution in [0.2, 0.25) is 0 Å². The van der Waals surface area contributed by atoms with Gasteiger partial charge in [-0.3, -0.25) is 9.78 Å². The molecule has 0 unspecified atom stereocenters. The number of carboxylic acid groups (broad SMARTS) is 1. The molecule has 0 saturated carbocycles. The minimum atomic E-state index is -0.939. The number of aromatic nitrogens is 1. The van der Waals surface area contributed by atoms with Crippen molar-refractivity contribution in [2.24, 2.45) is 0 Å². The van der Waals surface area contributed by atoms with Gasteiger partial charge in [-0.1, -0.05) is 0 Å². The molecule has 0 spiro atoms. The molecule has 6 nitrogen and oxygen atoms in total. The third-order valence-electron chi connectivity index (χ3n) is 3.04. The van der Waals surface area contributed by atoms with Crippen molar-refractivity contribution < 1.29 is 14.7 Å². The zero-order valence-corrected chi connectivity index (χ0v) is 9.87. The molecule has 1 aliphatic rings. The molecule has 1 aromatic heterocycles. The van der Waals surface area contributed by atoms with Crippen molar-refractivity contribution in [3.8, 4) is 0 Å². The Morgan fingerprint density at radius 1 is 1.50 bits per heavy atom. The number of nitrogen functional groups attached to an aromatic ring is 1. The van der Waals surface area contributed by atoms with Gasteiger partial charge in [0.05, 0.1) is 18.3 Å². The summed E-state index contributed by atoms with van der Waals surface area (Å²) in [5.74, 6) is -1.14. The number of likely N-dealkylation sites (tertiary alicyclic amines) is 1. The van der Waals surface area contributed by atoms with Crippen molar-refractivity contribution in [1.29, 1.82) is 0 Å². The lowest BCUT2D eigenvalue weighted by molar-refractivity contribution is -0.148. The van der Waals surface area contributed by atoms with Crippen LogP contribution in [0.4, 0.5) is 5.69 Å². The van der Waals surface area contributed by atoms with Gasteiger partial charge in [0.25, 0.3) is 0 Å². The number of carboxylic acids is 1. The van der Waals surface area contributed by atoms with E-state index >= 15 is 0 Å². The molecule has 1 fully saturated rings. The Hall–Kier alpha value is -2.11. The molecule has 18 heavy (non-hydrogen) atoms. The first-order valence-electron chi connectivity index (χ1n) is 5.80. The smallest absolute Gasteiger partial charge is 0.326 e. The Kier molecular flexibility index (Phi) is 3.45. The van der Waals surface area contributed by atoms with E-state index < -0.39 is 12.0 Å². The van der Waals surface area contributed by atoms with Crippen molar-refractivity contribution in [2.75, 3.05) is 12.3 Å². The van der Waals surface area contributed by atoms with E-state index in [2.05, 4.69) is 4.98 Å². The number of rotatable bonds is 3. The topological polar surface area (TPSA) is 96.5 Å². The maximum Gasteiger partial charge on any atom is 0.326 e. The van der Waals surface area contributed by atoms with Crippen LogP contribution in [0.25, 0.3) is 0 Å². The Bertz CT molecular complexity index is 458. The number of hydrogen-bond acceptors (Lipinski definition) is 4. The standard InChI is InChI=1S/C12H15N3O3/c13-8-3-4-9(14-7-8)6-11(16)15-5-1-2-10(15)12(17)18/h3-4,7,10H,1-2,5-6,13H2,(H,17,18)/t10-/m0/s1. The van der Waals surface area contributed by atoms with Crippen LogP contribution in [0, 0.1) is 0 Å². The largest absolute Gasteiger partial charge is 0.480 e. The third-order valence-corrected chi connectivity index (χ3v) is 3.04. The van der Waals surface area contributed by atoms with Crippen LogP contribution in [0.3, 0.4) is 0 Å². The van der Waals surface area contributed by atoms with Crippen LogP contribution in [-0.2, 0) is 16.0 Å². The zero-order valence-electron chi connectivity index (χ0n) is 9.87. The van der Waals surface area contributed by atoms with Gasteiger partial charge in [-0.25, -0.2) is 4.79 Å². The molecule has 1 atom stereocenters. The summed E-state index contributed by atoms with van der Waals surface area (Å²) in [4.78, 5) is 28.4. The average Bonchev–Trinajstić information content (AvgIpc) is 2.81. The van der Waals surface area contributed by atoms with Crippen LogP contribution in [0.5, 0.6) is 0 Å². The Labute approximate surface area is 104 Å². The van der Waals surface area contributed by atoms with E-state index in [1.54, 1.807) is 12.1 Å². The van der Waals surface area contributed by atoms with E-state index in [4.69, 9.17) is 10.8 Å². The lowest BCUT2D eigenvalue weighted by Crippen LogP contribution is -2.41. The van der Waals surface area contributed by atoms with Crippen molar-refractivity contribution >= 4 is 17.6 Å². The molecule has 6 heteroatoms. The van der Waals surface area contributed by atoms with Crippen LogP contribution in [0.15, 0.2) is 18.3 Å². The fourth-order valence-electron chi connectivity index (χ4n) is 2.12. The average molecular weight is 249 g/mol. The van der Waals surface area contributed by atoms with Gasteiger partial charge in [0, 0.05) is 12.2 Å². The summed E-state index contributed by atoms with van der Waals surface area (Å²) in [7, 11) is 0. The number of nitrogens with two attached hydrogens (primary N) is 1. The zero-order chi connectivity index (χ0) is 13.1. The molecule has 1 aromatic rings. The van der Waals surface area contributed by atoms with E-state index in [1.807, 2.05) is 0 Å². The minimum absolute atomic E-state index is 0.115. The van der Waals surface area contributed by atoms with Crippen molar-refractivity contribution in [2.45, 2.75) is 25.3 Å². The van der Waals surface area contributed by atoms with Crippen LogP contribution in [-0.4, -0.2) is 39.5 Å². The second-order valence-electron chi connectivity index (χ2n) is 4.34. The molecule has 2 heterocycles. The van der Waals surface area contributed by atoms with Crippen LogP contribution < -0.4 is 5.73 Å². The Balaban J connectivity index is 2.03. The molecule has 0 aliphatic carbocycles. The van der Waals surface area contributed by atoms with Gasteiger partial charge in [0.1, 0.15) is 6.04 Å². The molecule has 3 N–H and O–H groups in total. The lowest BCUT2D eigenvalue weighted by Gasteiger charge is -2.21. The minimum Gasteiger partial charge on any atom is -0.480 e. The van der Waals surface area contributed by atoms with Gasteiger partial charge in [0.2, 0.25) is 5.91 Å². The molecule has 0 aromatic carbocycles.